The molecule has 1 aliphatic rings. The number of rotatable bonds is 9. The summed E-state index contributed by atoms with van der Waals surface area (Å²) in [5.41, 5.74) is 2.20. The zero-order valence-electron chi connectivity index (χ0n) is 18.4. The van der Waals surface area contributed by atoms with Crippen LogP contribution in [0.1, 0.15) is 12.0 Å². The maximum Gasteiger partial charge on any atom is 0.241 e. The topological polar surface area (TPSA) is 78.4 Å². The number of hydrogen-bond donors (Lipinski definition) is 2. The summed E-state index contributed by atoms with van der Waals surface area (Å²) >= 11 is 0. The van der Waals surface area contributed by atoms with Gasteiger partial charge in [0.2, 0.25) is 12.7 Å². The molecule has 0 aromatic heterocycles. The average Bonchev–Trinajstić information content (AvgIpc) is 3.26. The molecule has 0 saturated heterocycles. The fraction of sp³-hybridized carbons (Fsp3) is 0.391. The highest BCUT2D eigenvalue weighted by Gasteiger charge is 2.13. The lowest BCUT2D eigenvalue weighted by Gasteiger charge is -2.20. The number of para-hydroxylation sites is 1. The second kappa shape index (κ2) is 11.1. The van der Waals surface area contributed by atoms with Crippen LogP contribution in [0, 0.1) is 0 Å². The highest BCUT2D eigenvalue weighted by molar-refractivity contribution is 5.86. The van der Waals surface area contributed by atoms with E-state index in [1.165, 1.54) is 5.69 Å². The third-order valence-corrected chi connectivity index (χ3v) is 4.92. The molecule has 166 valence electrons. The summed E-state index contributed by atoms with van der Waals surface area (Å²) in [5.74, 6) is 2.09. The minimum atomic E-state index is -0.0126. The van der Waals surface area contributed by atoms with Crippen molar-refractivity contribution in [2.24, 2.45) is 4.99 Å². The summed E-state index contributed by atoms with van der Waals surface area (Å²) in [7, 11) is 5.55. The molecule has 2 aromatic carbocycles. The van der Waals surface area contributed by atoms with Gasteiger partial charge in [-0.2, -0.15) is 0 Å². The predicted octanol–water partition coefficient (Wildman–Crippen LogP) is 2.07. The fourth-order valence-electron chi connectivity index (χ4n) is 3.04. The van der Waals surface area contributed by atoms with Crippen molar-refractivity contribution in [2.45, 2.75) is 13.0 Å². The van der Waals surface area contributed by atoms with Gasteiger partial charge in [-0.1, -0.05) is 24.3 Å². The number of carbonyl (C=O) groups excluding carboxylic acids is 1. The Labute approximate surface area is 183 Å². The van der Waals surface area contributed by atoms with Gasteiger partial charge in [-0.3, -0.25) is 4.79 Å². The molecule has 3 rings (SSSR count). The van der Waals surface area contributed by atoms with E-state index < -0.39 is 0 Å². The first-order valence-electron chi connectivity index (χ1n) is 10.4. The number of aliphatic imine (C=N–C) groups is 1. The number of hydrogen-bond acceptors (Lipinski definition) is 5. The minimum Gasteiger partial charge on any atom is -0.454 e. The lowest BCUT2D eigenvalue weighted by molar-refractivity contribution is -0.127. The van der Waals surface area contributed by atoms with Crippen molar-refractivity contribution in [3.8, 4) is 11.5 Å². The van der Waals surface area contributed by atoms with Gasteiger partial charge in [0.25, 0.3) is 0 Å². The number of ether oxygens (including phenoxy) is 2. The number of amides is 1. The maximum absolute atomic E-state index is 12.0. The second-order valence-electron chi connectivity index (χ2n) is 7.53. The molecule has 1 aliphatic heterocycles. The highest BCUT2D eigenvalue weighted by Crippen LogP contribution is 2.32. The Hall–Kier alpha value is -3.42. The first-order chi connectivity index (χ1) is 15.0. The van der Waals surface area contributed by atoms with Crippen LogP contribution in [0.15, 0.2) is 53.5 Å². The molecule has 1 amide bonds. The van der Waals surface area contributed by atoms with Crippen molar-refractivity contribution in [3.63, 3.8) is 0 Å². The van der Waals surface area contributed by atoms with Crippen LogP contribution < -0.4 is 25.0 Å². The monoisotopic (exact) mass is 425 g/mol. The largest absolute Gasteiger partial charge is 0.454 e. The van der Waals surface area contributed by atoms with E-state index in [9.17, 15) is 4.79 Å². The van der Waals surface area contributed by atoms with Gasteiger partial charge in [-0.05, 0) is 36.2 Å². The van der Waals surface area contributed by atoms with Crippen LogP contribution in [-0.4, -0.2) is 64.3 Å². The average molecular weight is 426 g/mol. The Balaban J connectivity index is 1.54. The molecule has 31 heavy (non-hydrogen) atoms. The third-order valence-electron chi connectivity index (χ3n) is 4.92. The van der Waals surface area contributed by atoms with E-state index in [0.717, 1.165) is 36.6 Å². The van der Waals surface area contributed by atoms with Gasteiger partial charge in [0, 0.05) is 39.9 Å². The molecule has 2 N–H and O–H groups in total. The predicted molar refractivity (Wildman–Crippen MR) is 123 cm³/mol. The number of fused-ring (bicyclic) bond motifs is 1. The molecule has 8 nitrogen and oxygen atoms in total. The molecule has 0 aliphatic carbocycles. The van der Waals surface area contributed by atoms with Gasteiger partial charge in [0.1, 0.15) is 0 Å². The third kappa shape index (κ3) is 6.80. The lowest BCUT2D eigenvalue weighted by atomic mass is 10.2. The van der Waals surface area contributed by atoms with Crippen LogP contribution >= 0.6 is 0 Å². The van der Waals surface area contributed by atoms with Gasteiger partial charge in [-0.25, -0.2) is 4.99 Å². The molecule has 1 heterocycles. The standard InChI is InChI=1S/C23H31N5O3/c1-27(2)22(29)16-26-23(24-12-7-13-28(3)19-8-5-4-6-9-19)25-15-18-10-11-20-21(14-18)31-17-30-20/h4-6,8-11,14H,7,12-13,15-17H2,1-3H3,(H2,24,25,26). The number of likely N-dealkylation sites (N-methyl/N-ethyl adjacent to an activating group) is 1. The van der Waals surface area contributed by atoms with E-state index in [-0.39, 0.29) is 19.2 Å². The second-order valence-corrected chi connectivity index (χ2v) is 7.53. The number of nitrogens with one attached hydrogen (secondary N) is 2. The molecule has 0 bridgehead atoms. The van der Waals surface area contributed by atoms with Crippen LogP contribution in [0.25, 0.3) is 0 Å². The van der Waals surface area contributed by atoms with Crippen LogP contribution in [-0.2, 0) is 11.3 Å². The van der Waals surface area contributed by atoms with Crippen LogP contribution in [0.5, 0.6) is 11.5 Å². The number of benzene rings is 2. The number of guanidine groups is 1. The number of carbonyl (C=O) groups is 1. The summed E-state index contributed by atoms with van der Waals surface area (Å²) in [4.78, 5) is 20.4. The van der Waals surface area contributed by atoms with E-state index in [0.29, 0.717) is 12.5 Å². The number of nitrogens with zero attached hydrogens (tertiary/aromatic N) is 3. The molecular weight excluding hydrogens is 394 g/mol. The zero-order valence-corrected chi connectivity index (χ0v) is 18.4. The Morgan fingerprint density at radius 1 is 1.03 bits per heavy atom. The fourth-order valence-corrected chi connectivity index (χ4v) is 3.04. The SMILES string of the molecule is CN(C)C(=O)CNC(=NCc1ccc2c(c1)OCO2)NCCCN(C)c1ccccc1. The van der Waals surface area contributed by atoms with Crippen molar-refractivity contribution in [1.82, 2.24) is 15.5 Å². The molecule has 0 atom stereocenters. The summed E-state index contributed by atoms with van der Waals surface area (Å²) in [5, 5.41) is 6.45. The first-order valence-corrected chi connectivity index (χ1v) is 10.4. The molecule has 2 aromatic rings. The first kappa shape index (κ1) is 22.3. The summed E-state index contributed by atoms with van der Waals surface area (Å²) in [6, 6.07) is 16.1. The normalized spacial score (nSPS) is 12.4. The van der Waals surface area contributed by atoms with E-state index in [2.05, 4.69) is 39.7 Å². The van der Waals surface area contributed by atoms with Gasteiger partial charge in [0.05, 0.1) is 13.1 Å². The quantitative estimate of drug-likeness (QED) is 0.364. The van der Waals surface area contributed by atoms with Gasteiger partial charge < -0.3 is 29.9 Å². The molecule has 0 spiro atoms. The Morgan fingerprint density at radius 2 is 1.81 bits per heavy atom. The van der Waals surface area contributed by atoms with Gasteiger partial charge in [-0.15, -0.1) is 0 Å². The zero-order chi connectivity index (χ0) is 22.1. The van der Waals surface area contributed by atoms with Crippen LogP contribution in [0.3, 0.4) is 0 Å². The molecular formula is C23H31N5O3. The maximum atomic E-state index is 12.0. The molecule has 0 radical (unpaired) electrons. The molecule has 0 fully saturated rings. The van der Waals surface area contributed by atoms with Crippen LogP contribution in [0.2, 0.25) is 0 Å². The van der Waals surface area contributed by atoms with Crippen molar-refractivity contribution >= 4 is 17.6 Å². The summed E-state index contributed by atoms with van der Waals surface area (Å²) in [6.07, 6.45) is 0.928. The molecule has 0 saturated carbocycles. The summed E-state index contributed by atoms with van der Waals surface area (Å²) < 4.78 is 10.8. The Bertz CT molecular complexity index is 886. The minimum absolute atomic E-state index is 0.0126. The number of anilines is 1. The van der Waals surface area contributed by atoms with Crippen molar-refractivity contribution in [1.29, 1.82) is 0 Å². The van der Waals surface area contributed by atoms with Gasteiger partial charge in [0.15, 0.2) is 17.5 Å². The van der Waals surface area contributed by atoms with Crippen molar-refractivity contribution in [3.05, 3.63) is 54.1 Å². The Morgan fingerprint density at radius 3 is 2.58 bits per heavy atom. The van der Waals surface area contributed by atoms with E-state index in [1.54, 1.807) is 19.0 Å². The van der Waals surface area contributed by atoms with Crippen molar-refractivity contribution < 1.29 is 14.3 Å². The Kier molecular flexibility index (Phi) is 7.98. The summed E-state index contributed by atoms with van der Waals surface area (Å²) in [6.45, 7) is 2.54. The molecule has 0 unspecified atom stereocenters. The van der Waals surface area contributed by atoms with E-state index in [1.807, 2.05) is 36.4 Å². The van der Waals surface area contributed by atoms with Crippen molar-refractivity contribution in [2.75, 3.05) is 52.5 Å². The molecule has 8 heteroatoms. The van der Waals surface area contributed by atoms with Crippen LogP contribution in [0.4, 0.5) is 5.69 Å². The lowest BCUT2D eigenvalue weighted by Crippen LogP contribution is -2.43. The van der Waals surface area contributed by atoms with E-state index >= 15 is 0 Å². The van der Waals surface area contributed by atoms with Gasteiger partial charge >= 0.3 is 0 Å². The highest BCUT2D eigenvalue weighted by atomic mass is 16.7. The smallest absolute Gasteiger partial charge is 0.241 e. The van der Waals surface area contributed by atoms with E-state index in [4.69, 9.17) is 9.47 Å².